The first-order chi connectivity index (χ1) is 9.28. The lowest BCUT2D eigenvalue weighted by atomic mass is 10.0. The van der Waals surface area contributed by atoms with E-state index >= 15 is 0 Å². The number of benzene rings is 1. The lowest BCUT2D eigenvalue weighted by Gasteiger charge is -2.14. The molecule has 0 aliphatic rings. The van der Waals surface area contributed by atoms with Crippen LogP contribution >= 0.6 is 0 Å². The molecule has 2 aromatic heterocycles. The summed E-state index contributed by atoms with van der Waals surface area (Å²) in [6.07, 6.45) is 5.67. The van der Waals surface area contributed by atoms with Crippen molar-refractivity contribution in [2.24, 2.45) is 7.05 Å². The quantitative estimate of drug-likeness (QED) is 0.777. The molecule has 0 fully saturated rings. The highest BCUT2D eigenvalue weighted by atomic mass is 15.0. The first-order valence-electron chi connectivity index (χ1n) is 6.28. The SMILES string of the molecule is CNC(c1ccc2ncccc2c1)c1cn(C)cn1. The summed E-state index contributed by atoms with van der Waals surface area (Å²) in [7, 11) is 3.93. The zero-order chi connectivity index (χ0) is 13.2. The minimum absolute atomic E-state index is 0.103. The Labute approximate surface area is 112 Å². The molecule has 0 spiro atoms. The number of hydrogen-bond donors (Lipinski definition) is 1. The van der Waals surface area contributed by atoms with Gasteiger partial charge < -0.3 is 9.88 Å². The van der Waals surface area contributed by atoms with Gasteiger partial charge in [-0.15, -0.1) is 0 Å². The second kappa shape index (κ2) is 4.82. The van der Waals surface area contributed by atoms with Crippen LogP contribution in [0.15, 0.2) is 49.1 Å². The summed E-state index contributed by atoms with van der Waals surface area (Å²) in [6, 6.07) is 10.5. The minimum Gasteiger partial charge on any atom is -0.340 e. The van der Waals surface area contributed by atoms with E-state index in [2.05, 4.69) is 39.6 Å². The molecule has 2 heterocycles. The van der Waals surface area contributed by atoms with Crippen molar-refractivity contribution in [2.75, 3.05) is 7.05 Å². The third-order valence-electron chi connectivity index (χ3n) is 3.27. The van der Waals surface area contributed by atoms with Gasteiger partial charge >= 0.3 is 0 Å². The highest BCUT2D eigenvalue weighted by molar-refractivity contribution is 5.79. The zero-order valence-electron chi connectivity index (χ0n) is 11.0. The van der Waals surface area contributed by atoms with E-state index in [9.17, 15) is 0 Å². The third-order valence-corrected chi connectivity index (χ3v) is 3.27. The van der Waals surface area contributed by atoms with Crippen LogP contribution in [0.2, 0.25) is 0 Å². The van der Waals surface area contributed by atoms with Crippen LogP contribution in [0.25, 0.3) is 10.9 Å². The average Bonchev–Trinajstić information content (AvgIpc) is 2.86. The maximum atomic E-state index is 4.43. The number of aryl methyl sites for hydroxylation is 1. The Bertz CT molecular complexity index is 702. The van der Waals surface area contributed by atoms with Crippen molar-refractivity contribution >= 4 is 10.9 Å². The molecular formula is C15H16N4. The highest BCUT2D eigenvalue weighted by Crippen LogP contribution is 2.23. The van der Waals surface area contributed by atoms with E-state index in [1.807, 2.05) is 43.4 Å². The smallest absolute Gasteiger partial charge is 0.0947 e. The summed E-state index contributed by atoms with van der Waals surface area (Å²) in [5.74, 6) is 0. The van der Waals surface area contributed by atoms with Crippen LogP contribution in [0.5, 0.6) is 0 Å². The van der Waals surface area contributed by atoms with Crippen LogP contribution in [0.3, 0.4) is 0 Å². The van der Waals surface area contributed by atoms with Crippen molar-refractivity contribution < 1.29 is 0 Å². The van der Waals surface area contributed by atoms with Gasteiger partial charge in [-0.2, -0.15) is 0 Å². The molecule has 3 aromatic rings. The number of nitrogens with one attached hydrogen (secondary N) is 1. The van der Waals surface area contributed by atoms with Gasteiger partial charge in [-0.25, -0.2) is 4.98 Å². The van der Waals surface area contributed by atoms with Gasteiger partial charge in [0.05, 0.1) is 23.6 Å². The molecule has 96 valence electrons. The van der Waals surface area contributed by atoms with Gasteiger partial charge in [0.15, 0.2) is 0 Å². The number of hydrogen-bond acceptors (Lipinski definition) is 3. The fourth-order valence-electron chi connectivity index (χ4n) is 2.34. The molecule has 1 aromatic carbocycles. The van der Waals surface area contributed by atoms with Gasteiger partial charge in [0.2, 0.25) is 0 Å². The van der Waals surface area contributed by atoms with Crippen molar-refractivity contribution in [1.29, 1.82) is 0 Å². The molecule has 0 amide bonds. The molecular weight excluding hydrogens is 236 g/mol. The van der Waals surface area contributed by atoms with Crippen molar-refractivity contribution in [2.45, 2.75) is 6.04 Å². The van der Waals surface area contributed by atoms with E-state index in [-0.39, 0.29) is 6.04 Å². The van der Waals surface area contributed by atoms with Gasteiger partial charge in [-0.3, -0.25) is 4.98 Å². The number of rotatable bonds is 3. The molecule has 19 heavy (non-hydrogen) atoms. The lowest BCUT2D eigenvalue weighted by Crippen LogP contribution is -2.18. The molecule has 0 aliphatic heterocycles. The molecule has 0 bridgehead atoms. The van der Waals surface area contributed by atoms with E-state index in [1.54, 1.807) is 0 Å². The van der Waals surface area contributed by atoms with Gasteiger partial charge in [-0.05, 0) is 30.8 Å². The van der Waals surface area contributed by atoms with Gasteiger partial charge in [0, 0.05) is 24.8 Å². The number of pyridine rings is 1. The summed E-state index contributed by atoms with van der Waals surface area (Å²) >= 11 is 0. The van der Waals surface area contributed by atoms with Crippen LogP contribution in [0.4, 0.5) is 0 Å². The van der Waals surface area contributed by atoms with E-state index < -0.39 is 0 Å². The molecule has 0 aliphatic carbocycles. The molecule has 0 saturated carbocycles. The second-order valence-corrected chi connectivity index (χ2v) is 4.64. The molecule has 3 rings (SSSR count). The van der Waals surface area contributed by atoms with E-state index in [1.165, 1.54) is 5.56 Å². The summed E-state index contributed by atoms with van der Waals surface area (Å²) in [5.41, 5.74) is 3.23. The first-order valence-corrected chi connectivity index (χ1v) is 6.28. The first kappa shape index (κ1) is 11.9. The Kier molecular flexibility index (Phi) is 3.01. The van der Waals surface area contributed by atoms with Crippen molar-refractivity contribution in [3.05, 3.63) is 60.3 Å². The molecule has 0 saturated heterocycles. The number of nitrogens with zero attached hydrogens (tertiary/aromatic N) is 3. The van der Waals surface area contributed by atoms with Crippen LogP contribution < -0.4 is 5.32 Å². The third kappa shape index (κ3) is 2.22. The largest absolute Gasteiger partial charge is 0.340 e. The number of aromatic nitrogens is 3. The van der Waals surface area contributed by atoms with Crippen molar-refractivity contribution in [1.82, 2.24) is 19.9 Å². The summed E-state index contributed by atoms with van der Waals surface area (Å²) in [6.45, 7) is 0. The predicted octanol–water partition coefficient (Wildman–Crippen LogP) is 2.28. The fourth-order valence-corrected chi connectivity index (χ4v) is 2.34. The summed E-state index contributed by atoms with van der Waals surface area (Å²) in [5, 5.41) is 4.47. The molecule has 4 nitrogen and oxygen atoms in total. The van der Waals surface area contributed by atoms with Crippen LogP contribution in [-0.2, 0) is 7.05 Å². The fraction of sp³-hybridized carbons (Fsp3) is 0.200. The second-order valence-electron chi connectivity index (χ2n) is 4.64. The van der Waals surface area contributed by atoms with Gasteiger partial charge in [0.1, 0.15) is 0 Å². The Morgan fingerprint density at radius 1 is 1.21 bits per heavy atom. The molecule has 1 unspecified atom stereocenters. The topological polar surface area (TPSA) is 42.7 Å². The molecule has 0 radical (unpaired) electrons. The molecule has 1 atom stereocenters. The van der Waals surface area contributed by atoms with Gasteiger partial charge in [0.25, 0.3) is 0 Å². The van der Waals surface area contributed by atoms with Gasteiger partial charge in [-0.1, -0.05) is 12.1 Å². The van der Waals surface area contributed by atoms with Crippen LogP contribution in [-0.4, -0.2) is 21.6 Å². The molecule has 4 heteroatoms. The minimum atomic E-state index is 0.103. The highest BCUT2D eigenvalue weighted by Gasteiger charge is 2.14. The Morgan fingerprint density at radius 2 is 2.11 bits per heavy atom. The maximum absolute atomic E-state index is 4.43. The number of fused-ring (bicyclic) bond motifs is 1. The maximum Gasteiger partial charge on any atom is 0.0947 e. The van der Waals surface area contributed by atoms with Crippen molar-refractivity contribution in [3.8, 4) is 0 Å². The predicted molar refractivity (Wildman–Crippen MR) is 75.9 cm³/mol. The lowest BCUT2D eigenvalue weighted by molar-refractivity contribution is 0.674. The zero-order valence-corrected chi connectivity index (χ0v) is 11.0. The Balaban J connectivity index is 2.06. The van der Waals surface area contributed by atoms with E-state index in [4.69, 9.17) is 0 Å². The monoisotopic (exact) mass is 252 g/mol. The van der Waals surface area contributed by atoms with E-state index in [0.717, 1.165) is 16.6 Å². The van der Waals surface area contributed by atoms with Crippen molar-refractivity contribution in [3.63, 3.8) is 0 Å². The Hall–Kier alpha value is -2.20. The number of imidazole rings is 1. The summed E-state index contributed by atoms with van der Waals surface area (Å²) in [4.78, 5) is 8.77. The standard InChI is InChI=1S/C15H16N4/c1-16-15(14-9-19(2)10-18-14)12-5-6-13-11(8-12)4-3-7-17-13/h3-10,15-16H,1-2H3. The normalized spacial score (nSPS) is 12.7. The van der Waals surface area contributed by atoms with Crippen LogP contribution in [0, 0.1) is 0 Å². The van der Waals surface area contributed by atoms with Crippen LogP contribution in [0.1, 0.15) is 17.3 Å². The Morgan fingerprint density at radius 3 is 2.84 bits per heavy atom. The summed E-state index contributed by atoms with van der Waals surface area (Å²) < 4.78 is 1.96. The molecule has 1 N–H and O–H groups in total. The average molecular weight is 252 g/mol. The van der Waals surface area contributed by atoms with E-state index in [0.29, 0.717) is 0 Å².